The van der Waals surface area contributed by atoms with Gasteiger partial charge in [0.05, 0.1) is 5.52 Å². The Bertz CT molecular complexity index is 1110. The fourth-order valence-corrected chi connectivity index (χ4v) is 3.31. The highest BCUT2D eigenvalue weighted by atomic mass is 16.1. The highest BCUT2D eigenvalue weighted by molar-refractivity contribution is 6.09. The van der Waals surface area contributed by atoms with Gasteiger partial charge in [-0.2, -0.15) is 10.1 Å². The zero-order valence-electron chi connectivity index (χ0n) is 17.5. The highest BCUT2D eigenvalue weighted by Gasteiger charge is 2.17. The van der Waals surface area contributed by atoms with Gasteiger partial charge in [-0.1, -0.05) is 6.07 Å². The number of hydrogen-bond acceptors (Lipinski definition) is 2. The number of H-pyrrole nitrogens is 1. The number of hydrogen-bond donors (Lipinski definition) is 3. The van der Waals surface area contributed by atoms with Gasteiger partial charge in [0, 0.05) is 18.0 Å². The molecule has 146 valence electrons. The molecule has 1 heterocycles. The molecule has 1 amide bonds. The number of carbonyl (C=O) groups is 1. The number of fused-ring (bicyclic) bond motifs is 1. The van der Waals surface area contributed by atoms with Crippen molar-refractivity contribution >= 4 is 28.6 Å². The Morgan fingerprint density at radius 1 is 0.964 bits per heavy atom. The summed E-state index contributed by atoms with van der Waals surface area (Å²) in [5.74, 6) is 0.700. The second-order valence-electron chi connectivity index (χ2n) is 7.26. The van der Waals surface area contributed by atoms with Crippen LogP contribution in [-0.4, -0.2) is 29.1 Å². The molecular weight excluding hydrogens is 350 g/mol. The number of aliphatic imine (C=N–C) groups is 1. The van der Waals surface area contributed by atoms with Gasteiger partial charge < -0.3 is 10.6 Å². The maximum atomic E-state index is 12.6. The molecule has 0 saturated carbocycles. The molecule has 0 atom stereocenters. The van der Waals surface area contributed by atoms with Crippen LogP contribution in [0, 0.1) is 41.5 Å². The fraction of sp³-hybridized carbons (Fsp3) is 0.318. The third-order valence-electron chi connectivity index (χ3n) is 5.64. The smallest absolute Gasteiger partial charge is 0.280 e. The van der Waals surface area contributed by atoms with Gasteiger partial charge in [0.25, 0.3) is 5.91 Å². The normalized spacial score (nSPS) is 11.8. The van der Waals surface area contributed by atoms with E-state index in [2.05, 4.69) is 53.5 Å². The summed E-state index contributed by atoms with van der Waals surface area (Å²) in [4.78, 5) is 16.8. The van der Waals surface area contributed by atoms with Crippen molar-refractivity contribution in [2.24, 2.45) is 4.99 Å². The van der Waals surface area contributed by atoms with E-state index >= 15 is 0 Å². The van der Waals surface area contributed by atoms with Crippen molar-refractivity contribution in [1.82, 2.24) is 15.5 Å². The number of nitrogens with zero attached hydrogens (tertiary/aromatic N) is 2. The number of aromatic nitrogens is 2. The number of carbonyl (C=O) groups excluding carboxylic acids is 1. The Kier molecular flexibility index (Phi) is 5.23. The number of rotatable bonds is 2. The van der Waals surface area contributed by atoms with E-state index in [0.29, 0.717) is 17.3 Å². The van der Waals surface area contributed by atoms with Crippen LogP contribution in [0.5, 0.6) is 0 Å². The first-order valence-corrected chi connectivity index (χ1v) is 9.34. The largest absolute Gasteiger partial charge is 0.359 e. The van der Waals surface area contributed by atoms with E-state index in [1.807, 2.05) is 26.0 Å². The highest BCUT2D eigenvalue weighted by Crippen LogP contribution is 2.32. The van der Waals surface area contributed by atoms with Crippen LogP contribution in [0.2, 0.25) is 0 Å². The SMILES string of the molecule is CN/C(=N/C(=O)c1ccc(C)c(C)c1)Nc1n[nH]c2c(C)c(C)c(C)c(C)c12. The van der Waals surface area contributed by atoms with Crippen LogP contribution in [0.25, 0.3) is 10.9 Å². The van der Waals surface area contributed by atoms with E-state index in [1.54, 1.807) is 13.1 Å². The third kappa shape index (κ3) is 3.38. The number of aryl methyl sites for hydroxylation is 4. The zero-order chi connectivity index (χ0) is 20.6. The van der Waals surface area contributed by atoms with Gasteiger partial charge in [0.2, 0.25) is 5.96 Å². The lowest BCUT2D eigenvalue weighted by atomic mass is 9.95. The van der Waals surface area contributed by atoms with Gasteiger partial charge in [0.15, 0.2) is 5.82 Å². The van der Waals surface area contributed by atoms with Crippen molar-refractivity contribution in [1.29, 1.82) is 0 Å². The molecule has 0 fully saturated rings. The van der Waals surface area contributed by atoms with Crippen LogP contribution >= 0.6 is 0 Å². The van der Waals surface area contributed by atoms with Gasteiger partial charge in [-0.3, -0.25) is 9.89 Å². The molecular formula is C22H27N5O. The van der Waals surface area contributed by atoms with Crippen molar-refractivity contribution in [3.05, 3.63) is 57.1 Å². The Morgan fingerprint density at radius 3 is 2.29 bits per heavy atom. The molecule has 6 heteroatoms. The lowest BCUT2D eigenvalue weighted by Crippen LogP contribution is -2.28. The molecule has 0 unspecified atom stereocenters. The minimum Gasteiger partial charge on any atom is -0.359 e. The molecule has 2 aromatic carbocycles. The van der Waals surface area contributed by atoms with E-state index in [-0.39, 0.29) is 5.91 Å². The molecule has 3 rings (SSSR count). The van der Waals surface area contributed by atoms with Crippen molar-refractivity contribution in [2.75, 3.05) is 12.4 Å². The molecule has 6 nitrogen and oxygen atoms in total. The van der Waals surface area contributed by atoms with Gasteiger partial charge in [-0.15, -0.1) is 0 Å². The molecule has 28 heavy (non-hydrogen) atoms. The standard InChI is InChI=1S/C22H27N5O/c1-11-8-9-17(10-12(11)2)21(28)25-22(23-7)24-20-18-15(5)13(3)14(4)16(6)19(18)26-27-20/h8-10H,1-7H3,(H3,23,24,25,26,27,28). The van der Waals surface area contributed by atoms with Crippen molar-refractivity contribution in [2.45, 2.75) is 41.5 Å². The summed E-state index contributed by atoms with van der Waals surface area (Å²) in [6.45, 7) is 12.4. The number of benzene rings is 2. The summed E-state index contributed by atoms with van der Waals surface area (Å²) in [5, 5.41) is 14.7. The topological polar surface area (TPSA) is 82.2 Å². The van der Waals surface area contributed by atoms with Gasteiger partial charge >= 0.3 is 0 Å². The average molecular weight is 377 g/mol. The summed E-state index contributed by atoms with van der Waals surface area (Å²) in [6.07, 6.45) is 0. The zero-order valence-corrected chi connectivity index (χ0v) is 17.5. The summed E-state index contributed by atoms with van der Waals surface area (Å²) < 4.78 is 0. The van der Waals surface area contributed by atoms with Crippen LogP contribution < -0.4 is 10.6 Å². The summed E-state index contributed by atoms with van der Waals surface area (Å²) in [7, 11) is 1.72. The van der Waals surface area contributed by atoms with E-state index in [0.717, 1.165) is 27.6 Å². The predicted octanol–water partition coefficient (Wildman–Crippen LogP) is 4.24. The number of anilines is 1. The van der Waals surface area contributed by atoms with E-state index in [1.165, 1.54) is 16.7 Å². The third-order valence-corrected chi connectivity index (χ3v) is 5.64. The second-order valence-corrected chi connectivity index (χ2v) is 7.26. The molecule has 0 bridgehead atoms. The fourth-order valence-electron chi connectivity index (χ4n) is 3.31. The van der Waals surface area contributed by atoms with E-state index in [4.69, 9.17) is 0 Å². The number of guanidine groups is 1. The lowest BCUT2D eigenvalue weighted by molar-refractivity contribution is 0.100. The molecule has 3 aromatic rings. The Morgan fingerprint density at radius 2 is 1.64 bits per heavy atom. The van der Waals surface area contributed by atoms with Crippen LogP contribution in [0.15, 0.2) is 23.2 Å². The van der Waals surface area contributed by atoms with Crippen LogP contribution in [0.3, 0.4) is 0 Å². The van der Waals surface area contributed by atoms with Crippen LogP contribution in [0.1, 0.15) is 43.7 Å². The molecule has 0 aliphatic heterocycles. The minimum atomic E-state index is -0.306. The number of amides is 1. The second kappa shape index (κ2) is 7.46. The first-order chi connectivity index (χ1) is 13.2. The summed E-state index contributed by atoms with van der Waals surface area (Å²) >= 11 is 0. The molecule has 1 aromatic heterocycles. The first kappa shape index (κ1) is 19.6. The van der Waals surface area contributed by atoms with Crippen LogP contribution in [0.4, 0.5) is 5.82 Å². The van der Waals surface area contributed by atoms with E-state index < -0.39 is 0 Å². The molecule has 0 aliphatic carbocycles. The van der Waals surface area contributed by atoms with Gasteiger partial charge in [-0.05, 0) is 87.1 Å². The molecule has 0 radical (unpaired) electrons. The monoisotopic (exact) mass is 377 g/mol. The van der Waals surface area contributed by atoms with Crippen molar-refractivity contribution in [3.63, 3.8) is 0 Å². The number of aromatic amines is 1. The van der Waals surface area contributed by atoms with Crippen LogP contribution in [-0.2, 0) is 0 Å². The Labute approximate surface area is 165 Å². The lowest BCUT2D eigenvalue weighted by Gasteiger charge is -2.12. The number of nitrogens with one attached hydrogen (secondary N) is 3. The van der Waals surface area contributed by atoms with Crippen molar-refractivity contribution in [3.8, 4) is 0 Å². The summed E-state index contributed by atoms with van der Waals surface area (Å²) in [5.41, 5.74) is 8.60. The quantitative estimate of drug-likeness (QED) is 0.461. The molecule has 0 saturated heterocycles. The van der Waals surface area contributed by atoms with E-state index in [9.17, 15) is 4.79 Å². The molecule has 3 N–H and O–H groups in total. The average Bonchev–Trinajstić information content (AvgIpc) is 3.09. The maximum Gasteiger partial charge on any atom is 0.280 e. The van der Waals surface area contributed by atoms with Gasteiger partial charge in [-0.25, -0.2) is 0 Å². The minimum absolute atomic E-state index is 0.306. The summed E-state index contributed by atoms with van der Waals surface area (Å²) in [6, 6.07) is 5.59. The molecule has 0 aliphatic rings. The Balaban J connectivity index is 1.98. The van der Waals surface area contributed by atoms with Crippen molar-refractivity contribution < 1.29 is 4.79 Å². The predicted molar refractivity (Wildman–Crippen MR) is 115 cm³/mol. The molecule has 0 spiro atoms. The van der Waals surface area contributed by atoms with Gasteiger partial charge in [0.1, 0.15) is 0 Å². The first-order valence-electron chi connectivity index (χ1n) is 9.34. The Hall–Kier alpha value is -3.15. The maximum absolute atomic E-state index is 12.6.